The second kappa shape index (κ2) is 9.70. The van der Waals surface area contributed by atoms with E-state index in [1.807, 2.05) is 5.38 Å². The molecule has 0 atom stereocenters. The van der Waals surface area contributed by atoms with E-state index in [-0.39, 0.29) is 24.4 Å². The Bertz CT molecular complexity index is 837. The van der Waals surface area contributed by atoms with Crippen LogP contribution in [0.1, 0.15) is 41.7 Å². The number of amides is 2. The number of hydrogen-bond acceptors (Lipinski definition) is 5. The number of likely N-dealkylation sites (tertiary alicyclic amines) is 1. The summed E-state index contributed by atoms with van der Waals surface area (Å²) in [5.41, 5.74) is 0.673. The summed E-state index contributed by atoms with van der Waals surface area (Å²) in [5, 5.41) is 7.61. The average Bonchev–Trinajstić information content (AvgIpc) is 3.09. The summed E-state index contributed by atoms with van der Waals surface area (Å²) >= 11 is 1.36. The second-order valence-corrected chi connectivity index (χ2v) is 7.52. The van der Waals surface area contributed by atoms with E-state index >= 15 is 0 Å². The summed E-state index contributed by atoms with van der Waals surface area (Å²) in [6.45, 7) is 2.97. The lowest BCUT2D eigenvalue weighted by atomic mass is 10.1. The number of nitrogens with zero attached hydrogens (tertiary/aromatic N) is 2. The molecule has 1 aromatic heterocycles. The first-order valence-corrected chi connectivity index (χ1v) is 10.1. The van der Waals surface area contributed by atoms with Crippen molar-refractivity contribution in [2.75, 3.05) is 25.0 Å². The van der Waals surface area contributed by atoms with E-state index in [0.717, 1.165) is 37.5 Å². The number of rotatable bonds is 7. The highest BCUT2D eigenvalue weighted by Gasteiger charge is 2.14. The monoisotopic (exact) mass is 408 g/mol. The highest BCUT2D eigenvalue weighted by Crippen LogP contribution is 2.19. The Kier molecular flexibility index (Phi) is 7.05. The summed E-state index contributed by atoms with van der Waals surface area (Å²) in [6.07, 6.45) is 3.72. The van der Waals surface area contributed by atoms with Gasteiger partial charge in [0.25, 0.3) is 5.91 Å². The summed E-state index contributed by atoms with van der Waals surface area (Å²) in [6, 6.07) is 2.72. The molecule has 1 aromatic carbocycles. The van der Waals surface area contributed by atoms with Crippen LogP contribution in [-0.2, 0) is 11.3 Å². The first-order valence-electron chi connectivity index (χ1n) is 9.21. The van der Waals surface area contributed by atoms with Crippen molar-refractivity contribution in [1.82, 2.24) is 15.2 Å². The third-order valence-electron chi connectivity index (χ3n) is 4.45. The number of thiazole rings is 1. The number of carbonyl (C=O) groups is 2. The fraction of sp³-hybridized carbons (Fsp3) is 0.421. The Labute approximate surface area is 166 Å². The van der Waals surface area contributed by atoms with E-state index in [4.69, 9.17) is 0 Å². The first-order chi connectivity index (χ1) is 13.5. The van der Waals surface area contributed by atoms with Crippen molar-refractivity contribution in [1.29, 1.82) is 0 Å². The van der Waals surface area contributed by atoms with E-state index in [2.05, 4.69) is 20.5 Å². The smallest absolute Gasteiger partial charge is 0.254 e. The number of hydrogen-bond donors (Lipinski definition) is 2. The molecule has 2 heterocycles. The first kappa shape index (κ1) is 20.3. The zero-order valence-electron chi connectivity index (χ0n) is 15.3. The van der Waals surface area contributed by atoms with Gasteiger partial charge in [0.1, 0.15) is 11.6 Å². The molecule has 6 nitrogen and oxygen atoms in total. The van der Waals surface area contributed by atoms with Gasteiger partial charge in [-0.1, -0.05) is 6.42 Å². The van der Waals surface area contributed by atoms with E-state index in [1.165, 1.54) is 30.6 Å². The zero-order valence-corrected chi connectivity index (χ0v) is 16.2. The number of aromatic nitrogens is 1. The van der Waals surface area contributed by atoms with Gasteiger partial charge in [-0.2, -0.15) is 0 Å². The molecule has 0 unspecified atom stereocenters. The van der Waals surface area contributed by atoms with Gasteiger partial charge in [0.2, 0.25) is 5.91 Å². The van der Waals surface area contributed by atoms with Gasteiger partial charge >= 0.3 is 0 Å². The van der Waals surface area contributed by atoms with Gasteiger partial charge in [0.05, 0.1) is 11.3 Å². The molecule has 2 N–H and O–H groups in total. The summed E-state index contributed by atoms with van der Waals surface area (Å²) in [7, 11) is 0. The Hall–Kier alpha value is -2.39. The quantitative estimate of drug-likeness (QED) is 0.738. The van der Waals surface area contributed by atoms with Crippen LogP contribution in [-0.4, -0.2) is 41.3 Å². The van der Waals surface area contributed by atoms with Crippen molar-refractivity contribution < 1.29 is 18.4 Å². The molecule has 2 amide bonds. The number of benzene rings is 1. The summed E-state index contributed by atoms with van der Waals surface area (Å²) < 4.78 is 26.4. The normalized spacial score (nSPS) is 14.6. The molecule has 1 aliphatic rings. The lowest BCUT2D eigenvalue weighted by Gasteiger charge is -2.25. The van der Waals surface area contributed by atoms with Crippen molar-refractivity contribution in [3.8, 4) is 0 Å². The SMILES string of the molecule is O=C(CCNC(=O)c1ccc(F)cc1F)Nc1nc(CN2CCCCC2)cs1. The van der Waals surface area contributed by atoms with Crippen LogP contribution >= 0.6 is 11.3 Å². The van der Waals surface area contributed by atoms with Gasteiger partial charge in [0.15, 0.2) is 5.13 Å². The highest BCUT2D eigenvalue weighted by atomic mass is 32.1. The Morgan fingerprint density at radius 2 is 1.96 bits per heavy atom. The van der Waals surface area contributed by atoms with E-state index < -0.39 is 17.5 Å². The van der Waals surface area contributed by atoms with Crippen molar-refractivity contribution in [2.45, 2.75) is 32.2 Å². The Morgan fingerprint density at radius 1 is 1.18 bits per heavy atom. The molecule has 1 saturated heterocycles. The third kappa shape index (κ3) is 5.80. The van der Waals surface area contributed by atoms with Crippen LogP contribution in [0.15, 0.2) is 23.6 Å². The molecule has 0 saturated carbocycles. The maximum Gasteiger partial charge on any atom is 0.254 e. The standard InChI is InChI=1S/C19H22F2N4O2S/c20-13-4-5-15(16(21)10-13)18(27)22-7-6-17(26)24-19-23-14(12-28-19)11-25-8-2-1-3-9-25/h4-5,10,12H,1-3,6-9,11H2,(H,22,27)(H,23,24,26). The number of anilines is 1. The predicted octanol–water partition coefficient (Wildman–Crippen LogP) is 3.17. The van der Waals surface area contributed by atoms with E-state index in [0.29, 0.717) is 11.2 Å². The number of carbonyl (C=O) groups excluding carboxylic acids is 2. The van der Waals surface area contributed by atoms with Crippen LogP contribution in [0.3, 0.4) is 0 Å². The topological polar surface area (TPSA) is 74.3 Å². The lowest BCUT2D eigenvalue weighted by Crippen LogP contribution is -2.29. The zero-order chi connectivity index (χ0) is 19.9. The Balaban J connectivity index is 1.41. The van der Waals surface area contributed by atoms with Gasteiger partial charge in [-0.15, -0.1) is 11.3 Å². The number of halogens is 2. The van der Waals surface area contributed by atoms with Crippen molar-refractivity contribution in [2.24, 2.45) is 0 Å². The van der Waals surface area contributed by atoms with Crippen molar-refractivity contribution >= 4 is 28.3 Å². The van der Waals surface area contributed by atoms with Crippen LogP contribution < -0.4 is 10.6 Å². The molecule has 0 radical (unpaired) electrons. The minimum Gasteiger partial charge on any atom is -0.351 e. The van der Waals surface area contributed by atoms with Gasteiger partial charge in [0, 0.05) is 31.0 Å². The Morgan fingerprint density at radius 3 is 2.71 bits per heavy atom. The molecule has 2 aromatic rings. The maximum absolute atomic E-state index is 13.6. The minimum absolute atomic E-state index is 0.0234. The van der Waals surface area contributed by atoms with E-state index in [1.54, 1.807) is 0 Å². The lowest BCUT2D eigenvalue weighted by molar-refractivity contribution is -0.116. The maximum atomic E-state index is 13.6. The average molecular weight is 408 g/mol. The van der Waals surface area contributed by atoms with Crippen LogP contribution in [0.4, 0.5) is 13.9 Å². The third-order valence-corrected chi connectivity index (χ3v) is 5.25. The molecular weight excluding hydrogens is 386 g/mol. The number of nitrogens with one attached hydrogen (secondary N) is 2. The molecule has 150 valence electrons. The van der Waals surface area contributed by atoms with Gasteiger partial charge in [-0.3, -0.25) is 14.5 Å². The predicted molar refractivity (Wildman–Crippen MR) is 103 cm³/mol. The number of piperidine rings is 1. The van der Waals surface area contributed by atoms with Crippen molar-refractivity contribution in [3.05, 3.63) is 46.5 Å². The molecule has 9 heteroatoms. The summed E-state index contributed by atoms with van der Waals surface area (Å²) in [5.74, 6) is -2.68. The van der Waals surface area contributed by atoms with Crippen molar-refractivity contribution in [3.63, 3.8) is 0 Å². The minimum atomic E-state index is -0.939. The van der Waals surface area contributed by atoms with Crippen LogP contribution in [0.5, 0.6) is 0 Å². The molecule has 3 rings (SSSR count). The fourth-order valence-corrected chi connectivity index (χ4v) is 3.74. The summed E-state index contributed by atoms with van der Waals surface area (Å²) in [4.78, 5) is 30.7. The van der Waals surface area contributed by atoms with Crippen LogP contribution in [0.2, 0.25) is 0 Å². The molecular formula is C19H22F2N4O2S. The molecule has 0 bridgehead atoms. The molecule has 1 aliphatic heterocycles. The molecule has 1 fully saturated rings. The van der Waals surface area contributed by atoms with E-state index in [9.17, 15) is 18.4 Å². The molecule has 0 aliphatic carbocycles. The highest BCUT2D eigenvalue weighted by molar-refractivity contribution is 7.13. The molecule has 0 spiro atoms. The van der Waals surface area contributed by atoms with Crippen LogP contribution in [0.25, 0.3) is 0 Å². The van der Waals surface area contributed by atoms with Gasteiger partial charge in [-0.25, -0.2) is 13.8 Å². The fourth-order valence-electron chi connectivity index (χ4n) is 3.02. The molecule has 28 heavy (non-hydrogen) atoms. The second-order valence-electron chi connectivity index (χ2n) is 6.66. The van der Waals surface area contributed by atoms with Gasteiger partial charge < -0.3 is 10.6 Å². The van der Waals surface area contributed by atoms with Gasteiger partial charge in [-0.05, 0) is 38.1 Å². The van der Waals surface area contributed by atoms with Crippen LogP contribution in [0, 0.1) is 11.6 Å². The largest absolute Gasteiger partial charge is 0.351 e.